The number of carbonyl (C=O) groups is 1. The number of aryl methyl sites for hydroxylation is 2. The Morgan fingerprint density at radius 3 is 2.68 bits per heavy atom. The highest BCUT2D eigenvalue weighted by Crippen LogP contribution is 2.22. The molecule has 1 aromatic carbocycles. The molecule has 0 aliphatic carbocycles. The first-order valence-electron chi connectivity index (χ1n) is 5.71. The van der Waals surface area contributed by atoms with Crippen molar-refractivity contribution in [2.24, 2.45) is 0 Å². The Kier molecular flexibility index (Phi) is 4.27. The molecule has 3 nitrogen and oxygen atoms in total. The van der Waals surface area contributed by atoms with Gasteiger partial charge in [-0.15, -0.1) is 12.6 Å². The van der Waals surface area contributed by atoms with Gasteiger partial charge in [0.25, 0.3) is 5.91 Å². The van der Waals surface area contributed by atoms with Crippen LogP contribution in [0.15, 0.2) is 39.7 Å². The second kappa shape index (κ2) is 5.75. The molecule has 0 saturated carbocycles. The molecular formula is C14H13BrN2OS. The summed E-state index contributed by atoms with van der Waals surface area (Å²) in [5.74, 6) is -0.184. The van der Waals surface area contributed by atoms with Crippen LogP contribution in [0, 0.1) is 13.8 Å². The van der Waals surface area contributed by atoms with Crippen molar-refractivity contribution in [1.29, 1.82) is 0 Å². The average Bonchev–Trinajstić information content (AvgIpc) is 2.35. The number of carbonyl (C=O) groups excluding carboxylic acids is 1. The number of hydrogen-bond donors (Lipinski definition) is 2. The van der Waals surface area contributed by atoms with Crippen molar-refractivity contribution in [2.75, 3.05) is 5.32 Å². The molecule has 0 spiro atoms. The molecule has 98 valence electrons. The molecular weight excluding hydrogens is 324 g/mol. The van der Waals surface area contributed by atoms with E-state index >= 15 is 0 Å². The second-order valence-electron chi connectivity index (χ2n) is 4.20. The van der Waals surface area contributed by atoms with Gasteiger partial charge in [-0.05, 0) is 60.1 Å². The van der Waals surface area contributed by atoms with Crippen LogP contribution in [-0.2, 0) is 0 Å². The number of benzene rings is 1. The molecule has 0 radical (unpaired) electrons. The SMILES string of the molecule is Cc1ccc(NC(=O)c2cc(S)ccc2Br)c(C)n1. The van der Waals surface area contributed by atoms with Crippen LogP contribution in [0.1, 0.15) is 21.7 Å². The molecule has 0 aliphatic rings. The summed E-state index contributed by atoms with van der Waals surface area (Å²) in [7, 11) is 0. The fraction of sp³-hybridized carbons (Fsp3) is 0.143. The minimum atomic E-state index is -0.184. The molecule has 1 amide bonds. The minimum Gasteiger partial charge on any atom is -0.320 e. The maximum atomic E-state index is 12.2. The molecule has 0 atom stereocenters. The third-order valence-electron chi connectivity index (χ3n) is 2.67. The standard InChI is InChI=1S/C14H13BrN2OS/c1-8-3-6-13(9(2)16-8)17-14(18)11-7-10(19)4-5-12(11)15/h3-7,19H,1-2H3,(H,17,18). The molecule has 19 heavy (non-hydrogen) atoms. The number of anilines is 1. The lowest BCUT2D eigenvalue weighted by molar-refractivity contribution is 0.102. The van der Waals surface area contributed by atoms with Crippen LogP contribution in [0.2, 0.25) is 0 Å². The lowest BCUT2D eigenvalue weighted by Crippen LogP contribution is -2.14. The third kappa shape index (κ3) is 3.36. The molecule has 0 fully saturated rings. The third-order valence-corrected chi connectivity index (χ3v) is 3.64. The number of rotatable bonds is 2. The monoisotopic (exact) mass is 336 g/mol. The van der Waals surface area contributed by atoms with E-state index in [0.717, 1.165) is 20.8 Å². The smallest absolute Gasteiger partial charge is 0.256 e. The van der Waals surface area contributed by atoms with Gasteiger partial charge in [-0.25, -0.2) is 0 Å². The Morgan fingerprint density at radius 2 is 2.00 bits per heavy atom. The highest BCUT2D eigenvalue weighted by molar-refractivity contribution is 9.10. The normalized spacial score (nSPS) is 10.3. The Hall–Kier alpha value is -1.33. The van der Waals surface area contributed by atoms with Gasteiger partial charge < -0.3 is 5.32 Å². The number of nitrogens with one attached hydrogen (secondary N) is 1. The largest absolute Gasteiger partial charge is 0.320 e. The van der Waals surface area contributed by atoms with Crippen LogP contribution in [0.25, 0.3) is 0 Å². The molecule has 0 unspecified atom stereocenters. The van der Waals surface area contributed by atoms with E-state index in [-0.39, 0.29) is 5.91 Å². The van der Waals surface area contributed by atoms with Crippen molar-refractivity contribution < 1.29 is 4.79 Å². The van der Waals surface area contributed by atoms with Crippen molar-refractivity contribution in [3.63, 3.8) is 0 Å². The van der Waals surface area contributed by atoms with Gasteiger partial charge >= 0.3 is 0 Å². The molecule has 1 N–H and O–H groups in total. The predicted octanol–water partition coefficient (Wildman–Crippen LogP) is 4.00. The van der Waals surface area contributed by atoms with Crippen LogP contribution in [-0.4, -0.2) is 10.9 Å². The van der Waals surface area contributed by atoms with Crippen molar-refractivity contribution in [2.45, 2.75) is 18.7 Å². The van der Waals surface area contributed by atoms with Crippen LogP contribution >= 0.6 is 28.6 Å². The number of hydrogen-bond acceptors (Lipinski definition) is 3. The zero-order chi connectivity index (χ0) is 14.0. The Morgan fingerprint density at radius 1 is 1.26 bits per heavy atom. The van der Waals surface area contributed by atoms with Crippen LogP contribution in [0.5, 0.6) is 0 Å². The lowest BCUT2D eigenvalue weighted by Gasteiger charge is -2.10. The minimum absolute atomic E-state index is 0.184. The first-order chi connectivity index (χ1) is 8.97. The molecule has 0 saturated heterocycles. The first kappa shape index (κ1) is 14.1. The van der Waals surface area contributed by atoms with Crippen LogP contribution in [0.4, 0.5) is 5.69 Å². The van der Waals surface area contributed by atoms with Crippen molar-refractivity contribution in [3.05, 3.63) is 51.8 Å². The summed E-state index contributed by atoms with van der Waals surface area (Å²) in [5.41, 5.74) is 2.99. The van der Waals surface area contributed by atoms with Crippen molar-refractivity contribution in [3.8, 4) is 0 Å². The summed E-state index contributed by atoms with van der Waals surface area (Å²) < 4.78 is 0.737. The summed E-state index contributed by atoms with van der Waals surface area (Å²) in [6.45, 7) is 3.78. The molecule has 1 heterocycles. The predicted molar refractivity (Wildman–Crippen MR) is 83.1 cm³/mol. The Labute approximate surface area is 126 Å². The molecule has 0 bridgehead atoms. The highest BCUT2D eigenvalue weighted by Gasteiger charge is 2.12. The number of amides is 1. The van der Waals surface area contributed by atoms with Crippen LogP contribution in [0.3, 0.4) is 0 Å². The molecule has 2 aromatic rings. The Bertz CT molecular complexity index is 643. The van der Waals surface area contributed by atoms with E-state index in [1.165, 1.54) is 0 Å². The zero-order valence-electron chi connectivity index (χ0n) is 10.6. The molecule has 2 rings (SSSR count). The molecule has 1 aromatic heterocycles. The average molecular weight is 337 g/mol. The van der Waals surface area contributed by atoms with E-state index in [0.29, 0.717) is 11.3 Å². The van der Waals surface area contributed by atoms with Gasteiger partial charge in [0.2, 0.25) is 0 Å². The van der Waals surface area contributed by atoms with Gasteiger partial charge in [-0.2, -0.15) is 0 Å². The van der Waals surface area contributed by atoms with Crippen molar-refractivity contribution >= 4 is 40.2 Å². The quantitative estimate of drug-likeness (QED) is 0.814. The van der Waals surface area contributed by atoms with E-state index in [1.54, 1.807) is 12.1 Å². The number of aromatic nitrogens is 1. The maximum Gasteiger partial charge on any atom is 0.256 e. The fourth-order valence-corrected chi connectivity index (χ4v) is 2.33. The first-order valence-corrected chi connectivity index (χ1v) is 6.95. The van der Waals surface area contributed by atoms with E-state index in [4.69, 9.17) is 0 Å². The number of thiol groups is 1. The molecule has 0 aliphatic heterocycles. The fourth-order valence-electron chi connectivity index (χ4n) is 1.70. The van der Waals surface area contributed by atoms with E-state index in [2.05, 4.69) is 38.9 Å². The van der Waals surface area contributed by atoms with Gasteiger partial charge in [-0.3, -0.25) is 9.78 Å². The van der Waals surface area contributed by atoms with E-state index in [9.17, 15) is 4.79 Å². The topological polar surface area (TPSA) is 42.0 Å². The zero-order valence-corrected chi connectivity index (χ0v) is 13.0. The number of halogens is 1. The maximum absolute atomic E-state index is 12.2. The van der Waals surface area contributed by atoms with E-state index < -0.39 is 0 Å². The Balaban J connectivity index is 2.28. The summed E-state index contributed by atoms with van der Waals surface area (Å²) in [5, 5.41) is 2.86. The summed E-state index contributed by atoms with van der Waals surface area (Å²) in [6.07, 6.45) is 0. The van der Waals surface area contributed by atoms with Gasteiger partial charge in [0.1, 0.15) is 0 Å². The number of nitrogens with zero attached hydrogens (tertiary/aromatic N) is 1. The summed E-state index contributed by atoms with van der Waals surface area (Å²) in [4.78, 5) is 17.3. The second-order valence-corrected chi connectivity index (χ2v) is 5.57. The highest BCUT2D eigenvalue weighted by atomic mass is 79.9. The molecule has 5 heteroatoms. The van der Waals surface area contributed by atoms with Crippen molar-refractivity contribution in [1.82, 2.24) is 4.98 Å². The summed E-state index contributed by atoms with van der Waals surface area (Å²) >= 11 is 7.61. The van der Waals surface area contributed by atoms with Crippen LogP contribution < -0.4 is 5.32 Å². The summed E-state index contributed by atoms with van der Waals surface area (Å²) in [6, 6.07) is 9.07. The van der Waals surface area contributed by atoms with Gasteiger partial charge in [-0.1, -0.05) is 0 Å². The van der Waals surface area contributed by atoms with Gasteiger partial charge in [0, 0.05) is 15.1 Å². The van der Waals surface area contributed by atoms with Gasteiger partial charge in [0.15, 0.2) is 0 Å². The lowest BCUT2D eigenvalue weighted by atomic mass is 10.2. The number of pyridine rings is 1. The van der Waals surface area contributed by atoms with Gasteiger partial charge in [0.05, 0.1) is 16.9 Å². The van der Waals surface area contributed by atoms with E-state index in [1.807, 2.05) is 32.0 Å².